The van der Waals surface area contributed by atoms with Crippen LogP contribution in [0.5, 0.6) is 0 Å². The molecule has 0 rings (SSSR count). The van der Waals surface area contributed by atoms with Gasteiger partial charge in [0.15, 0.2) is 0 Å². The van der Waals surface area contributed by atoms with Crippen LogP contribution < -0.4 is 0 Å². The highest BCUT2D eigenvalue weighted by Crippen LogP contribution is 2.30. The molecule has 0 saturated carbocycles. The minimum atomic E-state index is 0.244. The second-order valence-electron chi connectivity index (χ2n) is 3.77. The summed E-state index contributed by atoms with van der Waals surface area (Å²) >= 11 is 0. The van der Waals surface area contributed by atoms with Crippen molar-refractivity contribution in [1.82, 2.24) is 0 Å². The van der Waals surface area contributed by atoms with Gasteiger partial charge in [0.25, 0.3) is 0 Å². The van der Waals surface area contributed by atoms with Gasteiger partial charge >= 0.3 is 0 Å². The van der Waals surface area contributed by atoms with Crippen LogP contribution >= 0.6 is 0 Å². The predicted molar refractivity (Wildman–Crippen MR) is 61.4 cm³/mol. The topological polar surface area (TPSA) is 12.4 Å². The molecule has 0 aromatic rings. The maximum absolute atomic E-state index is 3.97. The SMILES string of the molecule is C\C=C/C(=C\C=N/C)C(C)(C)CC. The number of hydrogen-bond donors (Lipinski definition) is 0. The minimum Gasteiger partial charge on any atom is -0.297 e. The Labute approximate surface area is 82.3 Å². The van der Waals surface area contributed by atoms with Crippen LogP contribution in [0, 0.1) is 5.41 Å². The Morgan fingerprint density at radius 3 is 2.38 bits per heavy atom. The van der Waals surface area contributed by atoms with E-state index in [1.54, 1.807) is 7.05 Å². The molecular formula is C12H21N. The van der Waals surface area contributed by atoms with Gasteiger partial charge < -0.3 is 0 Å². The van der Waals surface area contributed by atoms with Gasteiger partial charge in [-0.25, -0.2) is 0 Å². The summed E-state index contributed by atoms with van der Waals surface area (Å²) in [6, 6.07) is 0. The lowest BCUT2D eigenvalue weighted by Gasteiger charge is -2.24. The molecule has 0 unspecified atom stereocenters. The molecule has 0 aromatic carbocycles. The fourth-order valence-electron chi connectivity index (χ4n) is 1.05. The molecule has 13 heavy (non-hydrogen) atoms. The van der Waals surface area contributed by atoms with E-state index >= 15 is 0 Å². The molecule has 0 fully saturated rings. The molecule has 1 nitrogen and oxygen atoms in total. The van der Waals surface area contributed by atoms with Crippen molar-refractivity contribution in [2.75, 3.05) is 7.05 Å². The maximum Gasteiger partial charge on any atom is 0.0277 e. The summed E-state index contributed by atoms with van der Waals surface area (Å²) in [5.74, 6) is 0. The molecule has 0 aliphatic carbocycles. The van der Waals surface area contributed by atoms with E-state index < -0.39 is 0 Å². The molecule has 1 heteroatoms. The highest BCUT2D eigenvalue weighted by molar-refractivity contribution is 5.73. The lowest BCUT2D eigenvalue weighted by molar-refractivity contribution is 0.440. The lowest BCUT2D eigenvalue weighted by atomic mass is 9.81. The molecule has 0 aromatic heterocycles. The lowest BCUT2D eigenvalue weighted by Crippen LogP contribution is -2.12. The molecule has 74 valence electrons. The van der Waals surface area contributed by atoms with E-state index in [0.29, 0.717) is 0 Å². The first-order valence-electron chi connectivity index (χ1n) is 4.84. The molecule has 0 N–H and O–H groups in total. The first-order chi connectivity index (χ1) is 6.08. The highest BCUT2D eigenvalue weighted by atomic mass is 14.6. The number of allylic oxidation sites excluding steroid dienone is 4. The Morgan fingerprint density at radius 1 is 1.38 bits per heavy atom. The van der Waals surface area contributed by atoms with Crippen LogP contribution in [-0.2, 0) is 0 Å². The molecule has 0 heterocycles. The van der Waals surface area contributed by atoms with Gasteiger partial charge in [-0.05, 0) is 30.4 Å². The summed E-state index contributed by atoms with van der Waals surface area (Å²) < 4.78 is 0. The molecule has 0 atom stereocenters. The van der Waals surface area contributed by atoms with Crippen molar-refractivity contribution in [2.45, 2.75) is 34.1 Å². The van der Waals surface area contributed by atoms with Gasteiger partial charge in [0, 0.05) is 13.3 Å². The summed E-state index contributed by atoms with van der Waals surface area (Å²) in [5.41, 5.74) is 1.58. The Balaban J connectivity index is 4.80. The van der Waals surface area contributed by atoms with Crippen molar-refractivity contribution in [2.24, 2.45) is 10.4 Å². The van der Waals surface area contributed by atoms with Gasteiger partial charge in [0.05, 0.1) is 0 Å². The van der Waals surface area contributed by atoms with E-state index in [1.807, 2.05) is 13.1 Å². The van der Waals surface area contributed by atoms with E-state index in [-0.39, 0.29) is 5.41 Å². The van der Waals surface area contributed by atoms with E-state index in [9.17, 15) is 0 Å². The fraction of sp³-hybridized carbons (Fsp3) is 0.583. The standard InChI is InChI=1S/C12H21N/c1-6-8-11(9-10-13-5)12(3,4)7-2/h6,8-10H,7H2,1-5H3/b8-6-,11-9+,13-10-. The van der Waals surface area contributed by atoms with E-state index in [2.05, 4.69) is 44.0 Å². The third-order valence-electron chi connectivity index (χ3n) is 2.41. The molecule has 0 bridgehead atoms. The monoisotopic (exact) mass is 179 g/mol. The number of nitrogens with zero attached hydrogens (tertiary/aromatic N) is 1. The summed E-state index contributed by atoms with van der Waals surface area (Å²) in [6.45, 7) is 8.76. The van der Waals surface area contributed by atoms with Crippen LogP contribution in [0.15, 0.2) is 28.8 Å². The van der Waals surface area contributed by atoms with Crippen LogP contribution in [0.25, 0.3) is 0 Å². The smallest absolute Gasteiger partial charge is 0.0277 e. The fourth-order valence-corrected chi connectivity index (χ4v) is 1.05. The minimum absolute atomic E-state index is 0.244. The number of rotatable bonds is 4. The van der Waals surface area contributed by atoms with Gasteiger partial charge in [0.2, 0.25) is 0 Å². The molecule has 0 amide bonds. The summed E-state index contributed by atoms with van der Waals surface area (Å²) in [5, 5.41) is 0. The largest absolute Gasteiger partial charge is 0.297 e. The summed E-state index contributed by atoms with van der Waals surface area (Å²) in [7, 11) is 1.79. The second kappa shape index (κ2) is 5.74. The normalized spacial score (nSPS) is 14.7. The van der Waals surface area contributed by atoms with Crippen molar-refractivity contribution in [1.29, 1.82) is 0 Å². The van der Waals surface area contributed by atoms with Crippen molar-refractivity contribution in [3.8, 4) is 0 Å². The third kappa shape index (κ3) is 4.07. The zero-order valence-corrected chi connectivity index (χ0v) is 9.46. The van der Waals surface area contributed by atoms with Crippen LogP contribution in [0.2, 0.25) is 0 Å². The second-order valence-corrected chi connectivity index (χ2v) is 3.77. The number of aliphatic imine (C=N–C) groups is 1. The zero-order chi connectivity index (χ0) is 10.3. The van der Waals surface area contributed by atoms with E-state index in [4.69, 9.17) is 0 Å². The van der Waals surface area contributed by atoms with Crippen LogP contribution in [-0.4, -0.2) is 13.3 Å². The Bertz CT molecular complexity index is 219. The van der Waals surface area contributed by atoms with Crippen molar-refractivity contribution < 1.29 is 0 Å². The summed E-state index contributed by atoms with van der Waals surface area (Å²) in [4.78, 5) is 3.97. The average molecular weight is 179 g/mol. The predicted octanol–water partition coefficient (Wildman–Crippen LogP) is 3.63. The Morgan fingerprint density at radius 2 is 2.00 bits per heavy atom. The van der Waals surface area contributed by atoms with Crippen LogP contribution in [0.4, 0.5) is 0 Å². The van der Waals surface area contributed by atoms with E-state index in [1.165, 1.54) is 5.57 Å². The molecule has 0 saturated heterocycles. The third-order valence-corrected chi connectivity index (χ3v) is 2.41. The average Bonchev–Trinajstić information content (AvgIpc) is 2.12. The van der Waals surface area contributed by atoms with Crippen molar-refractivity contribution in [3.63, 3.8) is 0 Å². The van der Waals surface area contributed by atoms with Gasteiger partial charge in [-0.15, -0.1) is 0 Å². The number of hydrogen-bond acceptors (Lipinski definition) is 1. The van der Waals surface area contributed by atoms with Gasteiger partial charge in [0.1, 0.15) is 0 Å². The molecular weight excluding hydrogens is 158 g/mol. The molecule has 0 radical (unpaired) electrons. The van der Waals surface area contributed by atoms with Crippen molar-refractivity contribution >= 4 is 6.21 Å². The van der Waals surface area contributed by atoms with E-state index in [0.717, 1.165) is 6.42 Å². The molecule has 0 spiro atoms. The first kappa shape index (κ1) is 12.2. The van der Waals surface area contributed by atoms with Crippen LogP contribution in [0.1, 0.15) is 34.1 Å². The molecule has 0 aliphatic heterocycles. The quantitative estimate of drug-likeness (QED) is 0.461. The Kier molecular flexibility index (Phi) is 5.36. The summed E-state index contributed by atoms with van der Waals surface area (Å²) in [6.07, 6.45) is 9.31. The van der Waals surface area contributed by atoms with Crippen molar-refractivity contribution in [3.05, 3.63) is 23.8 Å². The van der Waals surface area contributed by atoms with Gasteiger partial charge in [-0.2, -0.15) is 0 Å². The Hall–Kier alpha value is -0.850. The molecule has 0 aliphatic rings. The first-order valence-corrected chi connectivity index (χ1v) is 4.84. The van der Waals surface area contributed by atoms with Crippen LogP contribution in [0.3, 0.4) is 0 Å². The highest BCUT2D eigenvalue weighted by Gasteiger charge is 2.17. The maximum atomic E-state index is 3.97. The zero-order valence-electron chi connectivity index (χ0n) is 9.46. The van der Waals surface area contributed by atoms with Gasteiger partial charge in [-0.3, -0.25) is 4.99 Å². The van der Waals surface area contributed by atoms with Gasteiger partial charge in [-0.1, -0.05) is 32.9 Å².